The molecule has 0 aromatic carbocycles. The lowest BCUT2D eigenvalue weighted by Crippen LogP contribution is -2.24. The molecule has 2 rings (SSSR count). The summed E-state index contributed by atoms with van der Waals surface area (Å²) in [5, 5.41) is 19.4. The maximum Gasteiger partial charge on any atom is 0.0996 e. The van der Waals surface area contributed by atoms with Crippen LogP contribution in [0.4, 0.5) is 0 Å². The average Bonchev–Trinajstić information content (AvgIpc) is 2.38. The molecule has 3 nitrogen and oxygen atoms in total. The fourth-order valence-corrected chi connectivity index (χ4v) is 3.25. The van der Waals surface area contributed by atoms with Crippen LogP contribution in [0.5, 0.6) is 0 Å². The van der Waals surface area contributed by atoms with Crippen LogP contribution in [0.2, 0.25) is 0 Å². The lowest BCUT2D eigenvalue weighted by molar-refractivity contribution is 0.0742. The highest BCUT2D eigenvalue weighted by atomic mass is 16.5. The molecule has 0 heterocycles. The van der Waals surface area contributed by atoms with Crippen molar-refractivity contribution in [2.45, 2.75) is 63.6 Å². The van der Waals surface area contributed by atoms with E-state index < -0.39 is 0 Å². The highest BCUT2D eigenvalue weighted by Gasteiger charge is 2.27. The predicted molar refractivity (Wildman–Crippen MR) is 75.3 cm³/mol. The first-order valence-electron chi connectivity index (χ1n) is 7.48. The topological polar surface area (TPSA) is 49.7 Å². The number of aliphatic hydroxyl groups is 2. The molecule has 0 bridgehead atoms. The van der Waals surface area contributed by atoms with Gasteiger partial charge in [0.15, 0.2) is 0 Å². The van der Waals surface area contributed by atoms with Crippen molar-refractivity contribution in [2.75, 3.05) is 0 Å². The molecular formula is C16H26O3. The van der Waals surface area contributed by atoms with Gasteiger partial charge in [0.05, 0.1) is 23.7 Å². The first-order chi connectivity index (χ1) is 9.06. The van der Waals surface area contributed by atoms with Gasteiger partial charge in [0.1, 0.15) is 0 Å². The summed E-state index contributed by atoms with van der Waals surface area (Å²) in [5.74, 6) is 1.97. The summed E-state index contributed by atoms with van der Waals surface area (Å²) in [6.07, 6.45) is 6.98. The van der Waals surface area contributed by atoms with Crippen LogP contribution in [0.25, 0.3) is 0 Å². The third kappa shape index (κ3) is 4.08. The lowest BCUT2D eigenvalue weighted by atomic mass is 9.85. The normalized spacial score (nSPS) is 35.7. The zero-order chi connectivity index (χ0) is 13.8. The maximum absolute atomic E-state index is 9.69. The SMILES string of the molecule is C=C(OC(=C)C1CCCC(O)C1)C1CCCC(O)C1. The van der Waals surface area contributed by atoms with Crippen LogP contribution in [0.3, 0.4) is 0 Å². The van der Waals surface area contributed by atoms with Gasteiger partial charge >= 0.3 is 0 Å². The fourth-order valence-electron chi connectivity index (χ4n) is 3.25. The largest absolute Gasteiger partial charge is 0.467 e. The number of rotatable bonds is 4. The van der Waals surface area contributed by atoms with E-state index in [-0.39, 0.29) is 24.0 Å². The standard InChI is InChI=1S/C16H26O3/c1-11(13-5-3-7-15(17)9-13)19-12(2)14-6-4-8-16(18)10-14/h13-18H,1-10H2. The number of aliphatic hydroxyl groups excluding tert-OH is 2. The molecule has 4 unspecified atom stereocenters. The first-order valence-corrected chi connectivity index (χ1v) is 7.48. The van der Waals surface area contributed by atoms with Crippen LogP contribution < -0.4 is 0 Å². The first kappa shape index (κ1) is 14.6. The maximum atomic E-state index is 9.69. The molecule has 0 aliphatic heterocycles. The second kappa shape index (κ2) is 6.58. The van der Waals surface area contributed by atoms with E-state index >= 15 is 0 Å². The third-order valence-corrected chi connectivity index (χ3v) is 4.47. The van der Waals surface area contributed by atoms with Gasteiger partial charge in [-0.3, -0.25) is 0 Å². The molecule has 0 aromatic heterocycles. The van der Waals surface area contributed by atoms with Crippen LogP contribution in [-0.2, 0) is 4.74 Å². The van der Waals surface area contributed by atoms with Gasteiger partial charge in [-0.05, 0) is 38.5 Å². The molecule has 3 heteroatoms. The van der Waals surface area contributed by atoms with Crippen molar-refractivity contribution in [2.24, 2.45) is 11.8 Å². The van der Waals surface area contributed by atoms with Crippen LogP contribution in [0.15, 0.2) is 24.7 Å². The molecule has 0 aromatic rings. The van der Waals surface area contributed by atoms with Gasteiger partial charge in [0.25, 0.3) is 0 Å². The minimum atomic E-state index is -0.219. The second-order valence-corrected chi connectivity index (χ2v) is 6.07. The molecule has 0 radical (unpaired) electrons. The monoisotopic (exact) mass is 266 g/mol. The number of hydrogen-bond acceptors (Lipinski definition) is 3. The molecule has 19 heavy (non-hydrogen) atoms. The Morgan fingerprint density at radius 3 is 1.58 bits per heavy atom. The third-order valence-electron chi connectivity index (χ3n) is 4.47. The molecule has 2 aliphatic carbocycles. The Kier molecular flexibility index (Phi) is 5.06. The van der Waals surface area contributed by atoms with Gasteiger partial charge in [-0.25, -0.2) is 0 Å². The van der Waals surface area contributed by atoms with Crippen LogP contribution in [0.1, 0.15) is 51.4 Å². The van der Waals surface area contributed by atoms with E-state index in [1.165, 1.54) is 0 Å². The van der Waals surface area contributed by atoms with Gasteiger partial charge in [-0.2, -0.15) is 0 Å². The molecule has 2 aliphatic rings. The quantitative estimate of drug-likeness (QED) is 0.769. The van der Waals surface area contributed by atoms with Crippen molar-refractivity contribution in [3.05, 3.63) is 24.7 Å². The van der Waals surface area contributed by atoms with Crippen molar-refractivity contribution in [1.82, 2.24) is 0 Å². The summed E-state index contributed by atoms with van der Waals surface area (Å²) in [7, 11) is 0. The van der Waals surface area contributed by atoms with Crippen molar-refractivity contribution in [3.63, 3.8) is 0 Å². The molecule has 2 N–H and O–H groups in total. The Hall–Kier alpha value is -0.800. The van der Waals surface area contributed by atoms with E-state index in [2.05, 4.69) is 13.2 Å². The summed E-state index contributed by atoms with van der Waals surface area (Å²) in [5.41, 5.74) is 0. The number of allylic oxidation sites excluding steroid dienone is 2. The Morgan fingerprint density at radius 2 is 1.21 bits per heavy atom. The van der Waals surface area contributed by atoms with Crippen LogP contribution in [-0.4, -0.2) is 22.4 Å². The summed E-state index contributed by atoms with van der Waals surface area (Å²) in [6, 6.07) is 0. The second-order valence-electron chi connectivity index (χ2n) is 6.07. The summed E-state index contributed by atoms with van der Waals surface area (Å²) >= 11 is 0. The van der Waals surface area contributed by atoms with Crippen molar-refractivity contribution in [3.8, 4) is 0 Å². The van der Waals surface area contributed by atoms with Gasteiger partial charge in [0.2, 0.25) is 0 Å². The Bertz CT molecular complexity index is 305. The molecule has 2 fully saturated rings. The van der Waals surface area contributed by atoms with E-state index in [1.807, 2.05) is 0 Å². The minimum Gasteiger partial charge on any atom is -0.467 e. The molecule has 0 spiro atoms. The summed E-state index contributed by atoms with van der Waals surface area (Å²) in [4.78, 5) is 0. The molecular weight excluding hydrogens is 240 g/mol. The highest BCUT2D eigenvalue weighted by Crippen LogP contribution is 2.35. The van der Waals surface area contributed by atoms with Crippen molar-refractivity contribution < 1.29 is 14.9 Å². The molecule has 4 atom stereocenters. The predicted octanol–water partition coefficient (Wildman–Crippen LogP) is 3.13. The smallest absolute Gasteiger partial charge is 0.0996 e. The summed E-state index contributed by atoms with van der Waals surface area (Å²) in [6.45, 7) is 8.02. The van der Waals surface area contributed by atoms with E-state index in [1.54, 1.807) is 0 Å². The van der Waals surface area contributed by atoms with Gasteiger partial charge in [-0.15, -0.1) is 0 Å². The van der Waals surface area contributed by atoms with Gasteiger partial charge in [-0.1, -0.05) is 26.0 Å². The fraction of sp³-hybridized carbons (Fsp3) is 0.750. The average molecular weight is 266 g/mol. The Labute approximate surface area is 116 Å². The van der Waals surface area contributed by atoms with E-state index in [9.17, 15) is 10.2 Å². The van der Waals surface area contributed by atoms with Gasteiger partial charge in [0, 0.05) is 11.8 Å². The zero-order valence-corrected chi connectivity index (χ0v) is 11.7. The van der Waals surface area contributed by atoms with E-state index in [0.29, 0.717) is 0 Å². The number of ether oxygens (including phenoxy) is 1. The minimum absolute atomic E-state index is 0.219. The van der Waals surface area contributed by atoms with E-state index in [4.69, 9.17) is 4.74 Å². The van der Waals surface area contributed by atoms with E-state index in [0.717, 1.165) is 62.9 Å². The summed E-state index contributed by atoms with van der Waals surface area (Å²) < 4.78 is 5.81. The number of hydrogen-bond donors (Lipinski definition) is 2. The van der Waals surface area contributed by atoms with Crippen molar-refractivity contribution >= 4 is 0 Å². The van der Waals surface area contributed by atoms with Crippen LogP contribution in [0, 0.1) is 11.8 Å². The zero-order valence-electron chi connectivity index (χ0n) is 11.7. The van der Waals surface area contributed by atoms with Gasteiger partial charge < -0.3 is 14.9 Å². The Morgan fingerprint density at radius 1 is 0.789 bits per heavy atom. The van der Waals surface area contributed by atoms with Crippen LogP contribution >= 0.6 is 0 Å². The lowest BCUT2D eigenvalue weighted by Gasteiger charge is -2.31. The highest BCUT2D eigenvalue weighted by molar-refractivity contribution is 5.03. The Balaban J connectivity index is 1.82. The molecule has 0 saturated heterocycles. The van der Waals surface area contributed by atoms with Crippen molar-refractivity contribution in [1.29, 1.82) is 0 Å². The molecule has 108 valence electrons. The molecule has 0 amide bonds. The molecule has 2 saturated carbocycles.